The molecule has 0 saturated carbocycles. The number of hydrogen-bond acceptors (Lipinski definition) is 2. The van der Waals surface area contributed by atoms with Crippen LogP contribution in [-0.4, -0.2) is 31.5 Å². The molecule has 0 unspecified atom stereocenters. The zero-order chi connectivity index (χ0) is 18.9. The van der Waals surface area contributed by atoms with E-state index in [1.807, 2.05) is 33.2 Å². The van der Waals surface area contributed by atoms with Gasteiger partial charge in [-0.15, -0.1) is 24.0 Å². The number of halogens is 3. The second-order valence-electron chi connectivity index (χ2n) is 6.29. The molecule has 0 atom stereocenters. The summed E-state index contributed by atoms with van der Waals surface area (Å²) < 4.78 is 27.0. The van der Waals surface area contributed by atoms with Crippen LogP contribution in [0.3, 0.4) is 0 Å². The highest BCUT2D eigenvalue weighted by Crippen LogP contribution is 2.12. The van der Waals surface area contributed by atoms with E-state index in [4.69, 9.17) is 0 Å². The van der Waals surface area contributed by atoms with Gasteiger partial charge in [0.1, 0.15) is 11.6 Å². The minimum absolute atomic E-state index is 0. The first kappa shape index (κ1) is 23.3. The van der Waals surface area contributed by atoms with Crippen LogP contribution in [0, 0.1) is 11.6 Å². The van der Waals surface area contributed by atoms with Gasteiger partial charge < -0.3 is 15.5 Å². The largest absolute Gasteiger partial charge is 0.357 e. The minimum Gasteiger partial charge on any atom is -0.357 e. The molecule has 0 aromatic heterocycles. The minimum atomic E-state index is -0.466. The van der Waals surface area contributed by atoms with Gasteiger partial charge in [0.05, 0.1) is 6.54 Å². The summed E-state index contributed by atoms with van der Waals surface area (Å²) in [6, 6.07) is 11.6. The van der Waals surface area contributed by atoms with Gasteiger partial charge in [0.2, 0.25) is 0 Å². The summed E-state index contributed by atoms with van der Waals surface area (Å²) >= 11 is 0. The topological polar surface area (TPSA) is 39.7 Å². The fourth-order valence-electron chi connectivity index (χ4n) is 2.57. The molecule has 148 valence electrons. The van der Waals surface area contributed by atoms with Crippen molar-refractivity contribution < 1.29 is 8.78 Å². The van der Waals surface area contributed by atoms with Crippen LogP contribution in [0.4, 0.5) is 8.78 Å². The molecule has 0 radical (unpaired) electrons. The lowest BCUT2D eigenvalue weighted by Gasteiger charge is -2.16. The average Bonchev–Trinajstić information content (AvgIpc) is 2.60. The van der Waals surface area contributed by atoms with Crippen LogP contribution in [0.2, 0.25) is 0 Å². The van der Waals surface area contributed by atoms with Crippen LogP contribution in [0.1, 0.15) is 23.6 Å². The van der Waals surface area contributed by atoms with Crippen molar-refractivity contribution in [2.45, 2.75) is 26.6 Å². The van der Waals surface area contributed by atoms with Crippen LogP contribution >= 0.6 is 24.0 Å². The molecule has 0 aliphatic heterocycles. The van der Waals surface area contributed by atoms with E-state index in [1.54, 1.807) is 0 Å². The van der Waals surface area contributed by atoms with Gasteiger partial charge in [-0.1, -0.05) is 24.3 Å². The molecule has 0 heterocycles. The van der Waals surface area contributed by atoms with E-state index in [0.29, 0.717) is 19.0 Å². The van der Waals surface area contributed by atoms with E-state index in [0.717, 1.165) is 18.7 Å². The van der Waals surface area contributed by atoms with Crippen molar-refractivity contribution in [2.75, 3.05) is 20.6 Å². The second-order valence-corrected chi connectivity index (χ2v) is 6.29. The molecular weight excluding hydrogens is 461 g/mol. The first-order valence-corrected chi connectivity index (χ1v) is 8.67. The zero-order valence-electron chi connectivity index (χ0n) is 15.9. The van der Waals surface area contributed by atoms with Gasteiger partial charge in [0, 0.05) is 25.2 Å². The fourth-order valence-corrected chi connectivity index (χ4v) is 2.57. The summed E-state index contributed by atoms with van der Waals surface area (Å²) in [5, 5.41) is 6.39. The highest BCUT2D eigenvalue weighted by molar-refractivity contribution is 14.0. The standard InChI is InChI=1S/C20H26F2N4.HI/c1-4-23-20(25-13-17-11-18(21)9-10-19(17)22)24-12-15-7-5-6-8-16(15)14-26(2)3;/h5-11H,4,12-14H2,1-3H3,(H2,23,24,25);1H. The lowest BCUT2D eigenvalue weighted by atomic mass is 10.1. The quantitative estimate of drug-likeness (QED) is 0.353. The Bertz CT molecular complexity index is 751. The summed E-state index contributed by atoms with van der Waals surface area (Å²) in [6.45, 7) is 4.15. The third-order valence-corrected chi connectivity index (χ3v) is 3.81. The number of hydrogen-bond donors (Lipinski definition) is 2. The molecule has 0 aliphatic carbocycles. The Labute approximate surface area is 177 Å². The molecule has 2 N–H and O–H groups in total. The lowest BCUT2D eigenvalue weighted by Crippen LogP contribution is -2.37. The van der Waals surface area contributed by atoms with Gasteiger partial charge >= 0.3 is 0 Å². The number of rotatable bonds is 7. The second kappa shape index (κ2) is 11.9. The molecule has 0 fully saturated rings. The SMILES string of the molecule is CCNC(=NCc1cc(F)ccc1F)NCc1ccccc1CN(C)C.I. The Kier molecular flexibility index (Phi) is 10.2. The average molecular weight is 488 g/mol. The number of guanidine groups is 1. The maximum absolute atomic E-state index is 13.7. The normalized spacial score (nSPS) is 11.3. The van der Waals surface area contributed by atoms with E-state index in [-0.39, 0.29) is 36.1 Å². The summed E-state index contributed by atoms with van der Waals surface area (Å²) in [5.41, 5.74) is 2.64. The van der Waals surface area contributed by atoms with Gasteiger partial charge in [0.25, 0.3) is 0 Å². The number of nitrogens with zero attached hydrogens (tertiary/aromatic N) is 2. The summed E-state index contributed by atoms with van der Waals surface area (Å²) in [4.78, 5) is 6.48. The van der Waals surface area contributed by atoms with Crippen molar-refractivity contribution in [3.8, 4) is 0 Å². The molecule has 0 saturated heterocycles. The first-order chi connectivity index (χ1) is 12.5. The van der Waals surface area contributed by atoms with Crippen LogP contribution in [0.5, 0.6) is 0 Å². The third kappa shape index (κ3) is 7.80. The summed E-state index contributed by atoms with van der Waals surface area (Å²) in [6.07, 6.45) is 0. The number of nitrogens with one attached hydrogen (secondary N) is 2. The molecular formula is C20H27F2IN4. The van der Waals surface area contributed by atoms with Crippen LogP contribution in [-0.2, 0) is 19.6 Å². The van der Waals surface area contributed by atoms with Gasteiger partial charge in [0.15, 0.2) is 5.96 Å². The van der Waals surface area contributed by atoms with Crippen molar-refractivity contribution in [1.82, 2.24) is 15.5 Å². The summed E-state index contributed by atoms with van der Waals surface area (Å²) in [5.74, 6) is -0.356. The van der Waals surface area contributed by atoms with E-state index >= 15 is 0 Å². The molecule has 27 heavy (non-hydrogen) atoms. The molecule has 2 aromatic carbocycles. The van der Waals surface area contributed by atoms with E-state index < -0.39 is 11.6 Å². The smallest absolute Gasteiger partial charge is 0.191 e. The van der Waals surface area contributed by atoms with Gasteiger partial charge in [-0.05, 0) is 50.3 Å². The van der Waals surface area contributed by atoms with Gasteiger partial charge in [-0.25, -0.2) is 13.8 Å². The van der Waals surface area contributed by atoms with Crippen LogP contribution < -0.4 is 10.6 Å². The number of benzene rings is 2. The zero-order valence-corrected chi connectivity index (χ0v) is 18.3. The van der Waals surface area contributed by atoms with E-state index in [2.05, 4.69) is 32.7 Å². The molecule has 0 spiro atoms. The maximum atomic E-state index is 13.7. The Morgan fingerprint density at radius 3 is 2.37 bits per heavy atom. The van der Waals surface area contributed by atoms with E-state index in [1.165, 1.54) is 17.2 Å². The molecule has 7 heteroatoms. The molecule has 2 rings (SSSR count). The Balaban J connectivity index is 0.00000364. The van der Waals surface area contributed by atoms with Gasteiger partial charge in [-0.2, -0.15) is 0 Å². The summed E-state index contributed by atoms with van der Waals surface area (Å²) in [7, 11) is 4.06. The van der Waals surface area contributed by atoms with Crippen molar-refractivity contribution >= 4 is 29.9 Å². The van der Waals surface area contributed by atoms with Crippen molar-refractivity contribution in [2.24, 2.45) is 4.99 Å². The predicted molar refractivity (Wildman–Crippen MR) is 117 cm³/mol. The highest BCUT2D eigenvalue weighted by Gasteiger charge is 2.06. The highest BCUT2D eigenvalue weighted by atomic mass is 127. The Hall–Kier alpha value is -1.74. The van der Waals surface area contributed by atoms with E-state index in [9.17, 15) is 8.78 Å². The molecule has 2 aromatic rings. The fraction of sp³-hybridized carbons (Fsp3) is 0.350. The number of aliphatic imine (C=N–C) groups is 1. The predicted octanol–water partition coefficient (Wildman–Crippen LogP) is 3.90. The lowest BCUT2D eigenvalue weighted by molar-refractivity contribution is 0.400. The van der Waals surface area contributed by atoms with Crippen LogP contribution in [0.15, 0.2) is 47.5 Å². The maximum Gasteiger partial charge on any atom is 0.191 e. The molecule has 0 aliphatic rings. The third-order valence-electron chi connectivity index (χ3n) is 3.81. The molecule has 0 amide bonds. The first-order valence-electron chi connectivity index (χ1n) is 8.67. The van der Waals surface area contributed by atoms with Crippen LogP contribution in [0.25, 0.3) is 0 Å². The molecule has 0 bridgehead atoms. The van der Waals surface area contributed by atoms with Crippen molar-refractivity contribution in [3.63, 3.8) is 0 Å². The molecule has 4 nitrogen and oxygen atoms in total. The van der Waals surface area contributed by atoms with Gasteiger partial charge in [-0.3, -0.25) is 0 Å². The van der Waals surface area contributed by atoms with Crippen molar-refractivity contribution in [1.29, 1.82) is 0 Å². The van der Waals surface area contributed by atoms with Crippen molar-refractivity contribution in [3.05, 3.63) is 70.8 Å². The Morgan fingerprint density at radius 1 is 1.00 bits per heavy atom. The Morgan fingerprint density at radius 2 is 1.70 bits per heavy atom. The monoisotopic (exact) mass is 488 g/mol.